The van der Waals surface area contributed by atoms with Crippen LogP contribution in [0.15, 0.2) is 38.5 Å². The summed E-state index contributed by atoms with van der Waals surface area (Å²) in [5.74, 6) is -0.118. The Morgan fingerprint density at radius 2 is 1.64 bits per heavy atom. The van der Waals surface area contributed by atoms with Gasteiger partial charge < -0.3 is 5.32 Å². The highest BCUT2D eigenvalue weighted by Gasteiger charge is 2.31. The molecule has 1 aromatic heterocycles. The number of hydrogen-bond acceptors (Lipinski definition) is 7. The summed E-state index contributed by atoms with van der Waals surface area (Å²) in [6, 6.07) is 6.65. The Morgan fingerprint density at radius 1 is 1.04 bits per heavy atom. The van der Waals surface area contributed by atoms with Crippen LogP contribution in [-0.2, 0) is 19.7 Å². The Balaban J connectivity index is 2.05. The lowest BCUT2D eigenvalue weighted by atomic mass is 10.1. The standard InChI is InChI=1S/C19H26N2O4S3/c1-3-27(22,23)19-21-18(28(24,25)16-12-10-14(2)11-13-16)17(26-19)20-15-8-6-4-5-7-9-15/h10-13,15,20H,3-9H2,1-2H3. The summed E-state index contributed by atoms with van der Waals surface area (Å²) in [6.45, 7) is 3.41. The molecule has 2 aromatic rings. The van der Waals surface area contributed by atoms with Gasteiger partial charge in [0.25, 0.3) is 0 Å². The second-order valence-corrected chi connectivity index (χ2v) is 12.5. The predicted molar refractivity (Wildman–Crippen MR) is 112 cm³/mol. The van der Waals surface area contributed by atoms with Crippen molar-refractivity contribution in [1.29, 1.82) is 0 Å². The SMILES string of the molecule is CCS(=O)(=O)c1nc(S(=O)(=O)c2ccc(C)cc2)c(NC2CCCCCC2)s1. The molecular weight excluding hydrogens is 416 g/mol. The highest BCUT2D eigenvalue weighted by molar-refractivity contribution is 7.94. The summed E-state index contributed by atoms with van der Waals surface area (Å²) in [5.41, 5.74) is 0.947. The number of anilines is 1. The van der Waals surface area contributed by atoms with Gasteiger partial charge >= 0.3 is 0 Å². The predicted octanol–water partition coefficient (Wildman–Crippen LogP) is 4.21. The zero-order valence-corrected chi connectivity index (χ0v) is 18.6. The molecule has 28 heavy (non-hydrogen) atoms. The molecule has 9 heteroatoms. The van der Waals surface area contributed by atoms with Gasteiger partial charge in [-0.05, 0) is 31.9 Å². The Kier molecular flexibility index (Phi) is 6.46. The number of benzene rings is 1. The third-order valence-corrected chi connectivity index (χ3v) is 10.0. The van der Waals surface area contributed by atoms with E-state index >= 15 is 0 Å². The van der Waals surface area contributed by atoms with Crippen LogP contribution in [0.3, 0.4) is 0 Å². The monoisotopic (exact) mass is 442 g/mol. The molecule has 1 N–H and O–H groups in total. The van der Waals surface area contributed by atoms with Crippen molar-refractivity contribution in [2.45, 2.75) is 72.7 Å². The van der Waals surface area contributed by atoms with E-state index in [1.54, 1.807) is 12.1 Å². The van der Waals surface area contributed by atoms with Gasteiger partial charge in [0.2, 0.25) is 24.0 Å². The first-order chi connectivity index (χ1) is 13.2. The average molecular weight is 443 g/mol. The first-order valence-corrected chi connectivity index (χ1v) is 13.5. The topological polar surface area (TPSA) is 93.2 Å². The maximum atomic E-state index is 13.2. The first kappa shape index (κ1) is 21.3. The summed E-state index contributed by atoms with van der Waals surface area (Å²) in [6.07, 6.45) is 6.39. The minimum atomic E-state index is -3.92. The van der Waals surface area contributed by atoms with Crippen LogP contribution in [0.4, 0.5) is 5.00 Å². The van der Waals surface area contributed by atoms with Crippen LogP contribution in [0.25, 0.3) is 0 Å². The zero-order valence-electron chi connectivity index (χ0n) is 16.1. The normalized spacial score (nSPS) is 16.6. The Hall–Kier alpha value is -1.45. The van der Waals surface area contributed by atoms with Gasteiger partial charge in [-0.15, -0.1) is 0 Å². The van der Waals surface area contributed by atoms with Gasteiger partial charge in [0, 0.05) is 6.04 Å². The fourth-order valence-electron chi connectivity index (χ4n) is 3.26. The summed E-state index contributed by atoms with van der Waals surface area (Å²) in [5, 5.41) is 3.46. The van der Waals surface area contributed by atoms with E-state index in [2.05, 4.69) is 10.3 Å². The molecule has 1 aliphatic rings. The molecule has 6 nitrogen and oxygen atoms in total. The fraction of sp³-hybridized carbons (Fsp3) is 0.526. The first-order valence-electron chi connectivity index (χ1n) is 9.56. The van der Waals surface area contributed by atoms with Gasteiger partial charge in [-0.3, -0.25) is 0 Å². The molecule has 0 radical (unpaired) electrons. The van der Waals surface area contributed by atoms with Crippen LogP contribution in [0, 0.1) is 6.92 Å². The van der Waals surface area contributed by atoms with E-state index in [9.17, 15) is 16.8 Å². The largest absolute Gasteiger partial charge is 0.372 e. The van der Waals surface area contributed by atoms with Crippen molar-refractivity contribution in [2.75, 3.05) is 11.1 Å². The molecule has 1 heterocycles. The highest BCUT2D eigenvalue weighted by Crippen LogP contribution is 2.36. The minimum absolute atomic E-state index is 0.118. The number of thiazole rings is 1. The van der Waals surface area contributed by atoms with Crippen molar-refractivity contribution in [3.8, 4) is 0 Å². The van der Waals surface area contributed by atoms with Crippen LogP contribution in [0.2, 0.25) is 0 Å². The van der Waals surface area contributed by atoms with E-state index in [1.165, 1.54) is 31.9 Å². The molecule has 0 bridgehead atoms. The number of nitrogens with zero attached hydrogens (tertiary/aromatic N) is 1. The van der Waals surface area contributed by atoms with Crippen LogP contribution >= 0.6 is 11.3 Å². The van der Waals surface area contributed by atoms with Crippen molar-refractivity contribution in [3.63, 3.8) is 0 Å². The van der Waals surface area contributed by atoms with Crippen molar-refractivity contribution in [2.24, 2.45) is 0 Å². The molecule has 0 aliphatic heterocycles. The molecule has 1 fully saturated rings. The second kappa shape index (κ2) is 8.51. The van der Waals surface area contributed by atoms with Crippen LogP contribution in [-0.4, -0.2) is 33.6 Å². The van der Waals surface area contributed by atoms with E-state index in [0.29, 0.717) is 5.00 Å². The number of rotatable bonds is 6. The van der Waals surface area contributed by atoms with E-state index in [1.807, 2.05) is 6.92 Å². The molecule has 1 aromatic carbocycles. The highest BCUT2D eigenvalue weighted by atomic mass is 32.2. The maximum absolute atomic E-state index is 13.2. The third kappa shape index (κ3) is 4.58. The van der Waals surface area contributed by atoms with Crippen LogP contribution < -0.4 is 5.32 Å². The van der Waals surface area contributed by atoms with Gasteiger partial charge in [0.1, 0.15) is 5.00 Å². The Bertz CT molecular complexity index is 1020. The quantitative estimate of drug-likeness (QED) is 0.674. The molecular formula is C19H26N2O4S3. The number of aromatic nitrogens is 1. The molecule has 0 unspecified atom stereocenters. The van der Waals surface area contributed by atoms with Crippen molar-refractivity contribution >= 4 is 36.0 Å². The van der Waals surface area contributed by atoms with Crippen molar-refractivity contribution < 1.29 is 16.8 Å². The van der Waals surface area contributed by atoms with E-state index in [-0.39, 0.29) is 26.1 Å². The maximum Gasteiger partial charge on any atom is 0.226 e. The number of sulfone groups is 2. The molecule has 0 amide bonds. The molecule has 0 spiro atoms. The lowest BCUT2D eigenvalue weighted by Crippen LogP contribution is -2.19. The molecule has 3 rings (SSSR count). The molecule has 0 atom stereocenters. The van der Waals surface area contributed by atoms with Crippen molar-refractivity contribution in [1.82, 2.24) is 4.98 Å². The third-order valence-electron chi connectivity index (χ3n) is 5.00. The van der Waals surface area contributed by atoms with Gasteiger partial charge in [0.05, 0.1) is 10.6 Å². The van der Waals surface area contributed by atoms with Gasteiger partial charge in [-0.1, -0.05) is 61.6 Å². The van der Waals surface area contributed by atoms with Gasteiger partial charge in [-0.2, -0.15) is 0 Å². The molecule has 0 saturated heterocycles. The lowest BCUT2D eigenvalue weighted by Gasteiger charge is -2.17. The fourth-order valence-corrected chi connectivity index (χ4v) is 7.32. The minimum Gasteiger partial charge on any atom is -0.372 e. The second-order valence-electron chi connectivity index (χ2n) is 7.17. The van der Waals surface area contributed by atoms with Gasteiger partial charge in [-0.25, -0.2) is 21.8 Å². The van der Waals surface area contributed by atoms with Crippen molar-refractivity contribution in [3.05, 3.63) is 29.8 Å². The van der Waals surface area contributed by atoms with E-state index in [4.69, 9.17) is 0 Å². The number of nitrogens with one attached hydrogen (secondary N) is 1. The summed E-state index contributed by atoms with van der Waals surface area (Å²) < 4.78 is 51.0. The number of aryl methyl sites for hydroxylation is 1. The van der Waals surface area contributed by atoms with Gasteiger partial charge in [0.15, 0.2) is 5.03 Å². The molecule has 154 valence electrons. The average Bonchev–Trinajstić information content (AvgIpc) is 2.93. The van der Waals surface area contributed by atoms with E-state index in [0.717, 1.165) is 42.6 Å². The summed E-state index contributed by atoms with van der Waals surface area (Å²) in [7, 11) is -7.52. The summed E-state index contributed by atoms with van der Waals surface area (Å²) >= 11 is 0.927. The van der Waals surface area contributed by atoms with Crippen LogP contribution in [0.5, 0.6) is 0 Å². The van der Waals surface area contributed by atoms with E-state index < -0.39 is 19.7 Å². The summed E-state index contributed by atoms with van der Waals surface area (Å²) in [4.78, 5) is 4.21. The molecule has 1 saturated carbocycles. The Labute approximate surface area is 171 Å². The number of hydrogen-bond donors (Lipinski definition) is 1. The zero-order chi connectivity index (χ0) is 20.4. The Morgan fingerprint density at radius 3 is 2.21 bits per heavy atom. The van der Waals surface area contributed by atoms with Crippen LogP contribution in [0.1, 0.15) is 51.0 Å². The lowest BCUT2D eigenvalue weighted by molar-refractivity contribution is 0.588. The molecule has 1 aliphatic carbocycles. The smallest absolute Gasteiger partial charge is 0.226 e.